The SMILES string of the molecule is O=C(/C(=C/c1ccccc1)CBr)c1ccc(Cl)cc1. The van der Waals surface area contributed by atoms with Gasteiger partial charge < -0.3 is 0 Å². The number of rotatable bonds is 4. The van der Waals surface area contributed by atoms with Gasteiger partial charge in [-0.2, -0.15) is 0 Å². The highest BCUT2D eigenvalue weighted by molar-refractivity contribution is 9.09. The van der Waals surface area contributed by atoms with Crippen LogP contribution in [0.4, 0.5) is 0 Å². The van der Waals surface area contributed by atoms with Gasteiger partial charge in [-0.05, 0) is 35.9 Å². The lowest BCUT2D eigenvalue weighted by molar-refractivity contribution is 0.103. The van der Waals surface area contributed by atoms with E-state index < -0.39 is 0 Å². The number of Topliss-reactive ketones (excluding diaryl/α,β-unsaturated/α-hetero) is 1. The van der Waals surface area contributed by atoms with Crippen LogP contribution in [-0.4, -0.2) is 11.1 Å². The van der Waals surface area contributed by atoms with E-state index in [0.717, 1.165) is 5.56 Å². The van der Waals surface area contributed by atoms with Gasteiger partial charge >= 0.3 is 0 Å². The minimum absolute atomic E-state index is 0.0115. The normalized spacial score (nSPS) is 11.4. The Balaban J connectivity index is 2.29. The summed E-state index contributed by atoms with van der Waals surface area (Å²) in [6, 6.07) is 16.7. The third kappa shape index (κ3) is 3.79. The van der Waals surface area contributed by atoms with Gasteiger partial charge in [-0.25, -0.2) is 0 Å². The maximum Gasteiger partial charge on any atom is 0.189 e. The monoisotopic (exact) mass is 334 g/mol. The fourth-order valence-electron chi connectivity index (χ4n) is 1.70. The van der Waals surface area contributed by atoms with Crippen molar-refractivity contribution in [3.05, 3.63) is 76.3 Å². The summed E-state index contributed by atoms with van der Waals surface area (Å²) in [6.07, 6.45) is 1.89. The van der Waals surface area contributed by atoms with Crippen LogP contribution in [0, 0.1) is 0 Å². The number of ketones is 1. The highest BCUT2D eigenvalue weighted by Gasteiger charge is 2.11. The molecule has 0 heterocycles. The number of carbonyl (C=O) groups excluding carboxylic acids is 1. The molecule has 3 heteroatoms. The van der Waals surface area contributed by atoms with Crippen LogP contribution in [0.15, 0.2) is 60.2 Å². The molecule has 0 radical (unpaired) electrons. The molecule has 0 atom stereocenters. The first-order valence-corrected chi connectivity index (χ1v) is 7.32. The van der Waals surface area contributed by atoms with Gasteiger partial charge in [0.2, 0.25) is 0 Å². The van der Waals surface area contributed by atoms with Crippen LogP contribution in [0.1, 0.15) is 15.9 Å². The Kier molecular flexibility index (Phi) is 4.94. The number of allylic oxidation sites excluding steroid dienone is 1. The lowest BCUT2D eigenvalue weighted by Gasteiger charge is -2.04. The Labute approximate surface area is 126 Å². The zero-order chi connectivity index (χ0) is 13.7. The third-order valence-corrected chi connectivity index (χ3v) is 3.54. The van der Waals surface area contributed by atoms with Crippen molar-refractivity contribution in [1.29, 1.82) is 0 Å². The van der Waals surface area contributed by atoms with E-state index in [-0.39, 0.29) is 5.78 Å². The van der Waals surface area contributed by atoms with Crippen molar-refractivity contribution in [2.45, 2.75) is 0 Å². The first-order chi connectivity index (χ1) is 9.20. The number of hydrogen-bond donors (Lipinski definition) is 0. The van der Waals surface area contributed by atoms with Crippen LogP contribution >= 0.6 is 27.5 Å². The molecule has 0 N–H and O–H groups in total. The van der Waals surface area contributed by atoms with E-state index in [2.05, 4.69) is 15.9 Å². The lowest BCUT2D eigenvalue weighted by atomic mass is 10.0. The molecule has 2 aromatic carbocycles. The average Bonchev–Trinajstić information content (AvgIpc) is 2.46. The van der Waals surface area contributed by atoms with Crippen molar-refractivity contribution >= 4 is 39.4 Å². The van der Waals surface area contributed by atoms with E-state index in [1.54, 1.807) is 24.3 Å². The largest absolute Gasteiger partial charge is 0.289 e. The summed E-state index contributed by atoms with van der Waals surface area (Å²) in [7, 11) is 0. The smallest absolute Gasteiger partial charge is 0.189 e. The third-order valence-electron chi connectivity index (χ3n) is 2.68. The Morgan fingerprint density at radius 2 is 1.68 bits per heavy atom. The fraction of sp³-hybridized carbons (Fsp3) is 0.0625. The second kappa shape index (κ2) is 6.69. The van der Waals surface area contributed by atoms with Crippen molar-refractivity contribution in [3.8, 4) is 0 Å². The van der Waals surface area contributed by atoms with Gasteiger partial charge in [-0.1, -0.05) is 57.9 Å². The summed E-state index contributed by atoms with van der Waals surface area (Å²) in [5, 5.41) is 1.15. The predicted molar refractivity (Wildman–Crippen MR) is 84.0 cm³/mol. The zero-order valence-corrected chi connectivity index (χ0v) is 12.5. The molecule has 2 rings (SSSR count). The minimum Gasteiger partial charge on any atom is -0.289 e. The first kappa shape index (κ1) is 14.0. The van der Waals surface area contributed by atoms with Crippen LogP contribution in [-0.2, 0) is 0 Å². The Morgan fingerprint density at radius 1 is 1.05 bits per heavy atom. The summed E-state index contributed by atoms with van der Waals surface area (Å²) >= 11 is 9.19. The number of halogens is 2. The van der Waals surface area contributed by atoms with Gasteiger partial charge in [0.1, 0.15) is 0 Å². The molecule has 0 saturated heterocycles. The predicted octanol–water partition coefficient (Wildman–Crippen LogP) is 5.00. The molecule has 0 aromatic heterocycles. The standard InChI is InChI=1S/C16H12BrClO/c17-11-14(10-12-4-2-1-3-5-12)16(19)13-6-8-15(18)9-7-13/h1-10H,11H2/b14-10+. The van der Waals surface area contributed by atoms with Crippen LogP contribution in [0.3, 0.4) is 0 Å². The molecule has 0 fully saturated rings. The molecular formula is C16H12BrClO. The van der Waals surface area contributed by atoms with Gasteiger partial charge in [-0.3, -0.25) is 4.79 Å². The van der Waals surface area contributed by atoms with Gasteiger partial charge in [-0.15, -0.1) is 0 Å². The highest BCUT2D eigenvalue weighted by atomic mass is 79.9. The van der Waals surface area contributed by atoms with E-state index in [0.29, 0.717) is 21.5 Å². The molecule has 0 unspecified atom stereocenters. The molecular weight excluding hydrogens is 324 g/mol. The van der Waals surface area contributed by atoms with E-state index in [4.69, 9.17) is 11.6 Å². The molecule has 0 saturated carbocycles. The Bertz CT molecular complexity index is 588. The van der Waals surface area contributed by atoms with Crippen molar-refractivity contribution < 1.29 is 4.79 Å². The quantitative estimate of drug-likeness (QED) is 0.436. The first-order valence-electron chi connectivity index (χ1n) is 5.82. The van der Waals surface area contributed by atoms with Crippen molar-refractivity contribution in [2.24, 2.45) is 0 Å². The van der Waals surface area contributed by atoms with Gasteiger partial charge in [0.05, 0.1) is 0 Å². The summed E-state index contributed by atoms with van der Waals surface area (Å²) in [5.74, 6) is 0.0115. The number of benzene rings is 2. The molecule has 1 nitrogen and oxygen atoms in total. The molecule has 0 aliphatic heterocycles. The fourth-order valence-corrected chi connectivity index (χ4v) is 2.24. The number of carbonyl (C=O) groups is 1. The number of alkyl halides is 1. The van der Waals surface area contributed by atoms with Crippen molar-refractivity contribution in [1.82, 2.24) is 0 Å². The summed E-state index contributed by atoms with van der Waals surface area (Å²) < 4.78 is 0. The lowest BCUT2D eigenvalue weighted by Crippen LogP contribution is -2.04. The molecule has 0 bridgehead atoms. The number of hydrogen-bond acceptors (Lipinski definition) is 1. The second-order valence-electron chi connectivity index (χ2n) is 4.05. The molecule has 0 aliphatic carbocycles. The van der Waals surface area contributed by atoms with Crippen molar-refractivity contribution in [3.63, 3.8) is 0 Å². The van der Waals surface area contributed by atoms with E-state index in [1.165, 1.54) is 0 Å². The van der Waals surface area contributed by atoms with Gasteiger partial charge in [0, 0.05) is 21.5 Å². The van der Waals surface area contributed by atoms with Gasteiger partial charge in [0.15, 0.2) is 5.78 Å². The maximum atomic E-state index is 12.4. The van der Waals surface area contributed by atoms with Crippen molar-refractivity contribution in [2.75, 3.05) is 5.33 Å². The summed E-state index contributed by atoms with van der Waals surface area (Å²) in [4.78, 5) is 12.4. The summed E-state index contributed by atoms with van der Waals surface area (Å²) in [6.45, 7) is 0. The Morgan fingerprint density at radius 3 is 2.26 bits per heavy atom. The topological polar surface area (TPSA) is 17.1 Å². The molecule has 0 aliphatic rings. The molecule has 0 spiro atoms. The summed E-state index contributed by atoms with van der Waals surface area (Å²) in [5.41, 5.74) is 2.37. The van der Waals surface area contributed by atoms with Crippen LogP contribution in [0.2, 0.25) is 5.02 Å². The van der Waals surface area contributed by atoms with E-state index >= 15 is 0 Å². The molecule has 19 heavy (non-hydrogen) atoms. The van der Waals surface area contributed by atoms with E-state index in [9.17, 15) is 4.79 Å². The molecule has 0 amide bonds. The maximum absolute atomic E-state index is 12.4. The molecule has 2 aromatic rings. The zero-order valence-electron chi connectivity index (χ0n) is 10.1. The average molecular weight is 336 g/mol. The molecule has 96 valence electrons. The van der Waals surface area contributed by atoms with Crippen LogP contribution < -0.4 is 0 Å². The Hall–Kier alpha value is -1.38. The minimum atomic E-state index is 0.0115. The second-order valence-corrected chi connectivity index (χ2v) is 5.05. The van der Waals surface area contributed by atoms with Crippen LogP contribution in [0.5, 0.6) is 0 Å². The van der Waals surface area contributed by atoms with Crippen LogP contribution in [0.25, 0.3) is 6.08 Å². The van der Waals surface area contributed by atoms with E-state index in [1.807, 2.05) is 36.4 Å². The highest BCUT2D eigenvalue weighted by Crippen LogP contribution is 2.17. The van der Waals surface area contributed by atoms with Gasteiger partial charge in [0.25, 0.3) is 0 Å².